The third kappa shape index (κ3) is 2.39. The third-order valence-electron chi connectivity index (χ3n) is 2.35. The van der Waals surface area contributed by atoms with Crippen molar-refractivity contribution in [1.29, 1.82) is 0 Å². The molecule has 0 aliphatic carbocycles. The fourth-order valence-electron chi connectivity index (χ4n) is 1.54. The van der Waals surface area contributed by atoms with Crippen molar-refractivity contribution in [3.8, 4) is 0 Å². The molecule has 0 nitrogen and oxygen atoms in total. The van der Waals surface area contributed by atoms with E-state index in [1.807, 2.05) is 35.3 Å². The lowest BCUT2D eigenvalue weighted by Crippen LogP contribution is -1.86. The van der Waals surface area contributed by atoms with Gasteiger partial charge in [0.05, 0.1) is 0 Å². The molecule has 2 rings (SSSR count). The van der Waals surface area contributed by atoms with Gasteiger partial charge in [-0.1, -0.05) is 58.4 Å². The normalized spacial score (nSPS) is 11.5. The topological polar surface area (TPSA) is 0 Å². The van der Waals surface area contributed by atoms with Gasteiger partial charge in [0.25, 0.3) is 0 Å². The SMILES string of the molecule is Fc1ccc(C(=CBr)c2ccccc2)cc1. The first-order chi connectivity index (χ1) is 7.81. The van der Waals surface area contributed by atoms with Gasteiger partial charge in [0.15, 0.2) is 0 Å². The lowest BCUT2D eigenvalue weighted by Gasteiger charge is -2.06. The molecule has 2 heteroatoms. The summed E-state index contributed by atoms with van der Waals surface area (Å²) in [5, 5.41) is 0. The van der Waals surface area contributed by atoms with Crippen molar-refractivity contribution >= 4 is 21.5 Å². The number of hydrogen-bond acceptors (Lipinski definition) is 0. The van der Waals surface area contributed by atoms with Crippen LogP contribution in [0.4, 0.5) is 4.39 Å². The Bertz CT molecular complexity index is 486. The minimum Gasteiger partial charge on any atom is -0.207 e. The first-order valence-corrected chi connectivity index (χ1v) is 5.84. The van der Waals surface area contributed by atoms with E-state index in [4.69, 9.17) is 0 Å². The number of benzene rings is 2. The molecular formula is C14H10BrF. The fraction of sp³-hybridized carbons (Fsp3) is 0. The van der Waals surface area contributed by atoms with Crippen LogP contribution in [0, 0.1) is 5.82 Å². The van der Waals surface area contributed by atoms with Gasteiger partial charge in [-0.15, -0.1) is 0 Å². The van der Waals surface area contributed by atoms with Gasteiger partial charge in [0.1, 0.15) is 5.82 Å². The summed E-state index contributed by atoms with van der Waals surface area (Å²) in [6, 6.07) is 16.5. The van der Waals surface area contributed by atoms with E-state index in [2.05, 4.69) is 15.9 Å². The van der Waals surface area contributed by atoms with Crippen molar-refractivity contribution in [2.45, 2.75) is 0 Å². The Balaban J connectivity index is 2.42. The van der Waals surface area contributed by atoms with E-state index in [0.29, 0.717) is 0 Å². The second kappa shape index (κ2) is 5.08. The maximum Gasteiger partial charge on any atom is 0.123 e. The second-order valence-electron chi connectivity index (χ2n) is 3.40. The summed E-state index contributed by atoms with van der Waals surface area (Å²) in [6.45, 7) is 0. The predicted octanol–water partition coefficient (Wildman–Crippen LogP) is 4.61. The molecule has 0 radical (unpaired) electrons. The fourth-order valence-corrected chi connectivity index (χ4v) is 2.07. The van der Waals surface area contributed by atoms with E-state index < -0.39 is 0 Å². The van der Waals surface area contributed by atoms with Crippen LogP contribution in [-0.2, 0) is 0 Å². The molecule has 0 amide bonds. The molecule has 80 valence electrons. The first-order valence-electron chi connectivity index (χ1n) is 4.93. The van der Waals surface area contributed by atoms with Crippen LogP contribution >= 0.6 is 15.9 Å². The van der Waals surface area contributed by atoms with E-state index >= 15 is 0 Å². The molecule has 0 aliphatic rings. The summed E-state index contributed by atoms with van der Waals surface area (Å²) in [7, 11) is 0. The molecule has 0 atom stereocenters. The number of rotatable bonds is 2. The van der Waals surface area contributed by atoms with Crippen LogP contribution in [0.3, 0.4) is 0 Å². The molecule has 2 aromatic carbocycles. The molecule has 0 aromatic heterocycles. The van der Waals surface area contributed by atoms with Gasteiger partial charge in [0.2, 0.25) is 0 Å². The van der Waals surface area contributed by atoms with Gasteiger partial charge in [-0.2, -0.15) is 0 Å². The van der Waals surface area contributed by atoms with Crippen LogP contribution in [0.15, 0.2) is 59.6 Å². The highest BCUT2D eigenvalue weighted by Crippen LogP contribution is 2.24. The lowest BCUT2D eigenvalue weighted by atomic mass is 10.00. The van der Waals surface area contributed by atoms with E-state index in [-0.39, 0.29) is 5.82 Å². The molecule has 2 aromatic rings. The van der Waals surface area contributed by atoms with E-state index in [0.717, 1.165) is 16.7 Å². The highest BCUT2D eigenvalue weighted by atomic mass is 79.9. The monoisotopic (exact) mass is 276 g/mol. The van der Waals surface area contributed by atoms with Gasteiger partial charge in [-0.25, -0.2) is 4.39 Å². The predicted molar refractivity (Wildman–Crippen MR) is 68.8 cm³/mol. The van der Waals surface area contributed by atoms with Crippen molar-refractivity contribution < 1.29 is 4.39 Å². The zero-order chi connectivity index (χ0) is 11.4. The Kier molecular flexibility index (Phi) is 3.52. The Labute approximate surface area is 103 Å². The molecule has 0 saturated carbocycles. The highest BCUT2D eigenvalue weighted by molar-refractivity contribution is 9.11. The van der Waals surface area contributed by atoms with Crippen molar-refractivity contribution in [2.24, 2.45) is 0 Å². The summed E-state index contributed by atoms with van der Waals surface area (Å²) in [5.41, 5.74) is 3.14. The van der Waals surface area contributed by atoms with Crippen LogP contribution in [0.25, 0.3) is 5.57 Å². The van der Waals surface area contributed by atoms with Crippen LogP contribution in [-0.4, -0.2) is 0 Å². The van der Waals surface area contributed by atoms with Crippen LogP contribution < -0.4 is 0 Å². The molecule has 0 aliphatic heterocycles. The highest BCUT2D eigenvalue weighted by Gasteiger charge is 2.03. The van der Waals surface area contributed by atoms with Crippen molar-refractivity contribution in [1.82, 2.24) is 0 Å². The van der Waals surface area contributed by atoms with Gasteiger partial charge in [-0.05, 0) is 33.8 Å². The van der Waals surface area contributed by atoms with Gasteiger partial charge in [-0.3, -0.25) is 0 Å². The van der Waals surface area contributed by atoms with Crippen LogP contribution in [0.5, 0.6) is 0 Å². The number of hydrogen-bond donors (Lipinski definition) is 0. The Morgan fingerprint density at radius 3 is 2.00 bits per heavy atom. The van der Waals surface area contributed by atoms with E-state index in [1.165, 1.54) is 12.1 Å². The van der Waals surface area contributed by atoms with Crippen LogP contribution in [0.2, 0.25) is 0 Å². The summed E-state index contributed by atoms with van der Waals surface area (Å²) < 4.78 is 12.8. The zero-order valence-corrected chi connectivity index (χ0v) is 10.1. The minimum atomic E-state index is -0.217. The molecule has 0 spiro atoms. The third-order valence-corrected chi connectivity index (χ3v) is 2.81. The average Bonchev–Trinajstić information content (AvgIpc) is 2.34. The van der Waals surface area contributed by atoms with Gasteiger partial charge in [0, 0.05) is 0 Å². The maximum atomic E-state index is 12.8. The van der Waals surface area contributed by atoms with E-state index in [1.54, 1.807) is 12.1 Å². The summed E-state index contributed by atoms with van der Waals surface area (Å²) in [6.07, 6.45) is 0. The quantitative estimate of drug-likeness (QED) is 0.752. The molecule has 0 bridgehead atoms. The van der Waals surface area contributed by atoms with E-state index in [9.17, 15) is 4.39 Å². The summed E-state index contributed by atoms with van der Waals surface area (Å²) in [4.78, 5) is 1.86. The maximum absolute atomic E-state index is 12.8. The molecule has 0 saturated heterocycles. The Morgan fingerprint density at radius 1 is 0.875 bits per heavy atom. The van der Waals surface area contributed by atoms with Gasteiger partial charge < -0.3 is 0 Å². The zero-order valence-electron chi connectivity index (χ0n) is 8.53. The molecule has 0 unspecified atom stereocenters. The van der Waals surface area contributed by atoms with Gasteiger partial charge >= 0.3 is 0 Å². The minimum absolute atomic E-state index is 0.217. The molecule has 0 N–H and O–H groups in total. The van der Waals surface area contributed by atoms with Crippen molar-refractivity contribution in [3.63, 3.8) is 0 Å². The molecule has 0 fully saturated rings. The number of halogens is 2. The standard InChI is InChI=1S/C14H10BrF/c15-10-14(11-4-2-1-3-5-11)12-6-8-13(16)9-7-12/h1-10H. The summed E-state index contributed by atoms with van der Waals surface area (Å²) in [5.74, 6) is -0.217. The molecule has 0 heterocycles. The average molecular weight is 277 g/mol. The van der Waals surface area contributed by atoms with Crippen LogP contribution in [0.1, 0.15) is 11.1 Å². The van der Waals surface area contributed by atoms with Crippen molar-refractivity contribution in [3.05, 3.63) is 76.5 Å². The largest absolute Gasteiger partial charge is 0.207 e. The Morgan fingerprint density at radius 2 is 1.44 bits per heavy atom. The lowest BCUT2D eigenvalue weighted by molar-refractivity contribution is 0.627. The molecule has 16 heavy (non-hydrogen) atoms. The van der Waals surface area contributed by atoms with Crippen molar-refractivity contribution in [2.75, 3.05) is 0 Å². The Hall–Kier alpha value is -1.41. The second-order valence-corrected chi connectivity index (χ2v) is 3.85. The first kappa shape index (κ1) is 11.1. The smallest absolute Gasteiger partial charge is 0.123 e. The molecular weight excluding hydrogens is 267 g/mol. The summed E-state index contributed by atoms with van der Waals surface area (Å²) >= 11 is 3.35.